The van der Waals surface area contributed by atoms with Crippen molar-refractivity contribution < 1.29 is 4.79 Å². The van der Waals surface area contributed by atoms with E-state index in [1.165, 1.54) is 10.8 Å². The van der Waals surface area contributed by atoms with Crippen LogP contribution in [0.4, 0.5) is 11.4 Å². The first kappa shape index (κ1) is 16.6. The monoisotopic (exact) mass is 336 g/mol. The first-order chi connectivity index (χ1) is 12.0. The Hall–Kier alpha value is -3.28. The number of carbonyl (C=O) groups is 1. The van der Waals surface area contributed by atoms with E-state index in [2.05, 4.69) is 10.3 Å². The molecule has 0 aliphatic rings. The highest BCUT2D eigenvalue weighted by Gasteiger charge is 2.15. The second kappa shape index (κ2) is 7.09. The molecule has 0 bridgehead atoms. The molecule has 1 heterocycles. The number of nitrogens with one attached hydrogen (secondary N) is 2. The van der Waals surface area contributed by atoms with E-state index >= 15 is 0 Å². The van der Waals surface area contributed by atoms with Crippen molar-refractivity contribution in [3.63, 3.8) is 0 Å². The Balaban J connectivity index is 1.80. The van der Waals surface area contributed by atoms with E-state index in [9.17, 15) is 9.59 Å². The van der Waals surface area contributed by atoms with E-state index in [0.717, 1.165) is 11.3 Å². The smallest absolute Gasteiger partial charge is 0.326 e. The van der Waals surface area contributed by atoms with Crippen LogP contribution < -0.4 is 15.9 Å². The van der Waals surface area contributed by atoms with Crippen molar-refractivity contribution in [2.45, 2.75) is 6.54 Å². The fourth-order valence-corrected chi connectivity index (χ4v) is 2.54. The average Bonchev–Trinajstić information content (AvgIpc) is 2.97. The third kappa shape index (κ3) is 3.80. The summed E-state index contributed by atoms with van der Waals surface area (Å²) in [6, 6.07) is 17.1. The number of anilines is 2. The molecule has 0 aliphatic carbocycles. The molecule has 2 N–H and O–H groups in total. The van der Waals surface area contributed by atoms with Crippen LogP contribution in [0.5, 0.6) is 0 Å². The van der Waals surface area contributed by atoms with Gasteiger partial charge in [-0.25, -0.2) is 4.79 Å². The Kier molecular flexibility index (Phi) is 4.70. The van der Waals surface area contributed by atoms with E-state index in [-0.39, 0.29) is 11.6 Å². The highest BCUT2D eigenvalue weighted by Crippen LogP contribution is 2.16. The number of imidazole rings is 1. The van der Waals surface area contributed by atoms with Crippen LogP contribution in [-0.2, 0) is 6.54 Å². The van der Waals surface area contributed by atoms with Crippen LogP contribution in [0.15, 0.2) is 65.6 Å². The Morgan fingerprint density at radius 1 is 1.08 bits per heavy atom. The third-order valence-electron chi connectivity index (χ3n) is 3.93. The second-order valence-electron chi connectivity index (χ2n) is 5.95. The quantitative estimate of drug-likeness (QED) is 0.752. The molecule has 0 atom stereocenters. The summed E-state index contributed by atoms with van der Waals surface area (Å²) in [7, 11) is 3.91. The lowest BCUT2D eigenvalue weighted by molar-refractivity contribution is 0.101. The fraction of sp³-hybridized carbons (Fsp3) is 0.158. The molecule has 128 valence electrons. The predicted octanol–water partition coefficient (Wildman–Crippen LogP) is 2.54. The van der Waals surface area contributed by atoms with Gasteiger partial charge in [0.05, 0.1) is 6.54 Å². The molecular weight excluding hydrogens is 316 g/mol. The van der Waals surface area contributed by atoms with Gasteiger partial charge in [-0.15, -0.1) is 0 Å². The predicted molar refractivity (Wildman–Crippen MR) is 99.3 cm³/mol. The van der Waals surface area contributed by atoms with Crippen LogP contribution in [0.25, 0.3) is 0 Å². The van der Waals surface area contributed by atoms with Crippen molar-refractivity contribution in [3.05, 3.63) is 82.5 Å². The number of amides is 1. The van der Waals surface area contributed by atoms with Gasteiger partial charge in [-0.1, -0.05) is 30.3 Å². The number of rotatable bonds is 5. The number of hydrogen-bond donors (Lipinski definition) is 2. The number of carbonyl (C=O) groups excluding carboxylic acids is 1. The summed E-state index contributed by atoms with van der Waals surface area (Å²) in [5.41, 5.74) is 2.66. The van der Waals surface area contributed by atoms with Crippen LogP contribution in [0.3, 0.4) is 0 Å². The van der Waals surface area contributed by atoms with Gasteiger partial charge in [0, 0.05) is 31.7 Å². The highest BCUT2D eigenvalue weighted by atomic mass is 16.2. The highest BCUT2D eigenvalue weighted by molar-refractivity contribution is 6.03. The topological polar surface area (TPSA) is 70.1 Å². The molecule has 1 amide bonds. The average molecular weight is 336 g/mol. The fourth-order valence-electron chi connectivity index (χ4n) is 2.54. The first-order valence-electron chi connectivity index (χ1n) is 7.95. The van der Waals surface area contributed by atoms with Gasteiger partial charge in [0.25, 0.3) is 5.91 Å². The number of H-pyrrole nitrogens is 1. The number of benzene rings is 2. The zero-order chi connectivity index (χ0) is 17.8. The molecule has 0 unspecified atom stereocenters. The van der Waals surface area contributed by atoms with Gasteiger partial charge in [0.2, 0.25) is 0 Å². The summed E-state index contributed by atoms with van der Waals surface area (Å²) in [6.07, 6.45) is 1.44. The number of aromatic nitrogens is 2. The van der Waals surface area contributed by atoms with Crippen LogP contribution in [0, 0.1) is 0 Å². The number of nitrogens with zero attached hydrogens (tertiary/aromatic N) is 2. The van der Waals surface area contributed by atoms with E-state index in [0.29, 0.717) is 17.9 Å². The summed E-state index contributed by atoms with van der Waals surface area (Å²) >= 11 is 0. The van der Waals surface area contributed by atoms with Gasteiger partial charge in [0.1, 0.15) is 5.69 Å². The largest absolute Gasteiger partial charge is 0.378 e. The molecule has 6 heteroatoms. The molecular formula is C19H20N4O2. The molecule has 0 saturated heterocycles. The van der Waals surface area contributed by atoms with Gasteiger partial charge in [0.15, 0.2) is 0 Å². The van der Waals surface area contributed by atoms with Gasteiger partial charge >= 0.3 is 5.69 Å². The van der Waals surface area contributed by atoms with Crippen molar-refractivity contribution in [3.8, 4) is 0 Å². The molecule has 3 aromatic rings. The first-order valence-corrected chi connectivity index (χ1v) is 7.95. The Morgan fingerprint density at radius 2 is 1.76 bits per heavy atom. The Morgan fingerprint density at radius 3 is 2.40 bits per heavy atom. The summed E-state index contributed by atoms with van der Waals surface area (Å²) in [6.45, 7) is 0.339. The van der Waals surface area contributed by atoms with E-state index in [4.69, 9.17) is 0 Å². The molecule has 2 aromatic carbocycles. The normalized spacial score (nSPS) is 10.5. The van der Waals surface area contributed by atoms with E-state index in [1.54, 1.807) is 0 Å². The van der Waals surface area contributed by atoms with E-state index in [1.807, 2.05) is 73.6 Å². The maximum atomic E-state index is 12.6. The van der Waals surface area contributed by atoms with Crippen LogP contribution in [0.1, 0.15) is 16.1 Å². The van der Waals surface area contributed by atoms with Crippen LogP contribution in [0.2, 0.25) is 0 Å². The van der Waals surface area contributed by atoms with Crippen molar-refractivity contribution in [2.24, 2.45) is 0 Å². The maximum absolute atomic E-state index is 12.6. The molecule has 0 spiro atoms. The number of hydrogen-bond acceptors (Lipinski definition) is 3. The van der Waals surface area contributed by atoms with E-state index < -0.39 is 0 Å². The molecule has 0 aliphatic heterocycles. The molecule has 6 nitrogen and oxygen atoms in total. The molecule has 0 saturated carbocycles. The standard InChI is InChI=1S/C19H20N4O2/c1-22(2)16-10-8-15(9-11-16)21-18(24)17-12-20-19(25)23(17)13-14-6-4-3-5-7-14/h3-12H,13H2,1-2H3,(H,20,25)(H,21,24). The molecule has 25 heavy (non-hydrogen) atoms. The number of aromatic amines is 1. The van der Waals surface area contributed by atoms with Crippen molar-refractivity contribution in [1.29, 1.82) is 0 Å². The van der Waals surface area contributed by atoms with Gasteiger partial charge < -0.3 is 15.2 Å². The maximum Gasteiger partial charge on any atom is 0.326 e. The second-order valence-corrected chi connectivity index (χ2v) is 5.95. The minimum absolute atomic E-state index is 0.297. The third-order valence-corrected chi connectivity index (χ3v) is 3.93. The van der Waals surface area contributed by atoms with Gasteiger partial charge in [-0.3, -0.25) is 9.36 Å². The lowest BCUT2D eigenvalue weighted by Gasteiger charge is -2.13. The molecule has 0 radical (unpaired) electrons. The lowest BCUT2D eigenvalue weighted by atomic mass is 10.2. The summed E-state index contributed by atoms with van der Waals surface area (Å²) in [5.74, 6) is -0.327. The van der Waals surface area contributed by atoms with Crippen LogP contribution >= 0.6 is 0 Å². The Bertz CT molecular complexity index is 909. The van der Waals surface area contributed by atoms with Crippen molar-refractivity contribution in [1.82, 2.24) is 9.55 Å². The zero-order valence-corrected chi connectivity index (χ0v) is 14.2. The van der Waals surface area contributed by atoms with Crippen molar-refractivity contribution in [2.75, 3.05) is 24.3 Å². The summed E-state index contributed by atoms with van der Waals surface area (Å²) in [5, 5.41) is 2.83. The molecule has 0 fully saturated rings. The molecule has 3 rings (SSSR count). The summed E-state index contributed by atoms with van der Waals surface area (Å²) < 4.78 is 1.43. The minimum Gasteiger partial charge on any atom is -0.378 e. The van der Waals surface area contributed by atoms with Gasteiger partial charge in [-0.2, -0.15) is 0 Å². The molecule has 1 aromatic heterocycles. The van der Waals surface area contributed by atoms with Crippen molar-refractivity contribution >= 4 is 17.3 Å². The zero-order valence-electron chi connectivity index (χ0n) is 14.2. The van der Waals surface area contributed by atoms with Gasteiger partial charge in [-0.05, 0) is 29.8 Å². The summed E-state index contributed by atoms with van der Waals surface area (Å²) in [4.78, 5) is 29.2. The SMILES string of the molecule is CN(C)c1ccc(NC(=O)c2c[nH]c(=O)n2Cc2ccccc2)cc1. The van der Waals surface area contributed by atoms with Crippen LogP contribution in [-0.4, -0.2) is 29.6 Å². The lowest BCUT2D eigenvalue weighted by Crippen LogP contribution is -2.24. The Labute approximate surface area is 145 Å². The minimum atomic E-state index is -0.327.